The highest BCUT2D eigenvalue weighted by Gasteiger charge is 2.27. The minimum atomic E-state index is 0.0989. The number of methoxy groups -OCH3 is 3. The van der Waals surface area contributed by atoms with Crippen molar-refractivity contribution in [1.29, 1.82) is 0 Å². The van der Waals surface area contributed by atoms with E-state index in [9.17, 15) is 5.11 Å². The van der Waals surface area contributed by atoms with Crippen LogP contribution in [-0.2, 0) is 0 Å². The van der Waals surface area contributed by atoms with Gasteiger partial charge >= 0.3 is 0 Å². The zero-order chi connectivity index (χ0) is 15.9. The maximum absolute atomic E-state index is 9.48. The SMILES string of the molecule is COc1ccc([C@@H](CCO)N2CCNCC2)c(OC)c1OC. The van der Waals surface area contributed by atoms with Gasteiger partial charge in [0.2, 0.25) is 5.75 Å². The quantitative estimate of drug-likeness (QED) is 0.785. The van der Waals surface area contributed by atoms with E-state index in [1.54, 1.807) is 21.3 Å². The smallest absolute Gasteiger partial charge is 0.203 e. The molecule has 0 bridgehead atoms. The van der Waals surface area contributed by atoms with Gasteiger partial charge in [0.15, 0.2) is 11.5 Å². The van der Waals surface area contributed by atoms with E-state index < -0.39 is 0 Å². The van der Waals surface area contributed by atoms with Gasteiger partial charge < -0.3 is 24.6 Å². The standard InChI is InChI=1S/C16H26N2O4/c1-20-14-5-4-12(15(21-2)16(14)22-3)13(6-11-19)18-9-7-17-8-10-18/h4-5,13,17,19H,6-11H2,1-3H3/t13-/m1/s1. The molecular weight excluding hydrogens is 284 g/mol. The largest absolute Gasteiger partial charge is 0.493 e. The van der Waals surface area contributed by atoms with E-state index in [0.29, 0.717) is 23.7 Å². The molecule has 1 aromatic carbocycles. The first-order valence-electron chi connectivity index (χ1n) is 7.61. The number of ether oxygens (including phenoxy) is 3. The van der Waals surface area contributed by atoms with E-state index in [0.717, 1.165) is 31.7 Å². The lowest BCUT2D eigenvalue weighted by Crippen LogP contribution is -2.45. The molecule has 22 heavy (non-hydrogen) atoms. The number of piperazine rings is 1. The molecule has 0 unspecified atom stereocenters. The van der Waals surface area contributed by atoms with Crippen molar-refractivity contribution in [2.45, 2.75) is 12.5 Å². The molecule has 2 rings (SSSR count). The lowest BCUT2D eigenvalue weighted by Gasteiger charge is -2.35. The van der Waals surface area contributed by atoms with Crippen molar-refractivity contribution >= 4 is 0 Å². The number of aliphatic hydroxyl groups is 1. The van der Waals surface area contributed by atoms with Crippen LogP contribution in [0.3, 0.4) is 0 Å². The molecule has 0 radical (unpaired) electrons. The van der Waals surface area contributed by atoms with Crippen LogP contribution in [0.15, 0.2) is 12.1 Å². The third kappa shape index (κ3) is 3.45. The van der Waals surface area contributed by atoms with Crippen LogP contribution < -0.4 is 19.5 Å². The van der Waals surface area contributed by atoms with Gasteiger partial charge in [-0.25, -0.2) is 0 Å². The lowest BCUT2D eigenvalue weighted by atomic mass is 9.99. The normalized spacial score (nSPS) is 17.1. The second-order valence-electron chi connectivity index (χ2n) is 5.24. The summed E-state index contributed by atoms with van der Waals surface area (Å²) >= 11 is 0. The van der Waals surface area contributed by atoms with Crippen LogP contribution in [0.2, 0.25) is 0 Å². The topological polar surface area (TPSA) is 63.2 Å². The Morgan fingerprint density at radius 1 is 1.09 bits per heavy atom. The fourth-order valence-electron chi connectivity index (χ4n) is 3.04. The van der Waals surface area contributed by atoms with E-state index in [-0.39, 0.29) is 12.6 Å². The maximum atomic E-state index is 9.48. The molecular formula is C16H26N2O4. The Bertz CT molecular complexity index is 475. The molecule has 1 heterocycles. The summed E-state index contributed by atoms with van der Waals surface area (Å²) in [6.07, 6.45) is 0.659. The van der Waals surface area contributed by atoms with Gasteiger partial charge in [0, 0.05) is 44.4 Å². The van der Waals surface area contributed by atoms with Crippen LogP contribution in [0.5, 0.6) is 17.2 Å². The molecule has 124 valence electrons. The van der Waals surface area contributed by atoms with E-state index in [1.807, 2.05) is 12.1 Å². The van der Waals surface area contributed by atoms with Gasteiger partial charge in [-0.1, -0.05) is 0 Å². The summed E-state index contributed by atoms with van der Waals surface area (Å²) in [5, 5.41) is 12.8. The van der Waals surface area contributed by atoms with Gasteiger partial charge in [-0.2, -0.15) is 0 Å². The third-order valence-corrected chi connectivity index (χ3v) is 4.09. The highest BCUT2D eigenvalue weighted by atomic mass is 16.5. The minimum Gasteiger partial charge on any atom is -0.493 e. The molecule has 0 aromatic heterocycles. The van der Waals surface area contributed by atoms with E-state index in [4.69, 9.17) is 14.2 Å². The van der Waals surface area contributed by atoms with Crippen molar-refractivity contribution in [3.05, 3.63) is 17.7 Å². The van der Waals surface area contributed by atoms with Crippen molar-refractivity contribution in [3.63, 3.8) is 0 Å². The number of rotatable bonds is 7. The third-order valence-electron chi connectivity index (χ3n) is 4.09. The average molecular weight is 310 g/mol. The average Bonchev–Trinajstić information content (AvgIpc) is 2.59. The summed E-state index contributed by atoms with van der Waals surface area (Å²) in [6, 6.07) is 3.99. The molecule has 0 saturated carbocycles. The highest BCUT2D eigenvalue weighted by molar-refractivity contribution is 5.56. The summed E-state index contributed by atoms with van der Waals surface area (Å²) in [4.78, 5) is 2.37. The number of hydrogen-bond acceptors (Lipinski definition) is 6. The van der Waals surface area contributed by atoms with Gasteiger partial charge in [-0.05, 0) is 18.6 Å². The van der Waals surface area contributed by atoms with Crippen molar-refractivity contribution in [3.8, 4) is 17.2 Å². The van der Waals surface area contributed by atoms with Crippen LogP contribution in [-0.4, -0.2) is 64.1 Å². The second-order valence-corrected chi connectivity index (χ2v) is 5.24. The monoisotopic (exact) mass is 310 g/mol. The van der Waals surface area contributed by atoms with Crippen LogP contribution >= 0.6 is 0 Å². The summed E-state index contributed by atoms with van der Waals surface area (Å²) < 4.78 is 16.4. The number of hydrogen-bond donors (Lipinski definition) is 2. The molecule has 6 nitrogen and oxygen atoms in total. The van der Waals surface area contributed by atoms with E-state index >= 15 is 0 Å². The Hall–Kier alpha value is -1.50. The molecule has 1 fully saturated rings. The van der Waals surface area contributed by atoms with Crippen LogP contribution in [0, 0.1) is 0 Å². The summed E-state index contributed by atoms with van der Waals surface area (Å²) in [7, 11) is 4.85. The first kappa shape index (κ1) is 16.9. The highest BCUT2D eigenvalue weighted by Crippen LogP contribution is 2.44. The predicted octanol–water partition coefficient (Wildman–Crippen LogP) is 1.04. The predicted molar refractivity (Wildman–Crippen MR) is 85.0 cm³/mol. The van der Waals surface area contributed by atoms with Crippen molar-refractivity contribution < 1.29 is 19.3 Å². The zero-order valence-electron chi connectivity index (χ0n) is 13.6. The molecule has 0 aliphatic carbocycles. The Morgan fingerprint density at radius 2 is 1.77 bits per heavy atom. The summed E-state index contributed by atoms with van der Waals surface area (Å²) in [6.45, 7) is 3.94. The molecule has 2 N–H and O–H groups in total. The van der Waals surface area contributed by atoms with E-state index in [2.05, 4.69) is 10.2 Å². The number of nitrogens with zero attached hydrogens (tertiary/aromatic N) is 1. The Labute approximate surface area is 132 Å². The number of nitrogens with one attached hydrogen (secondary N) is 1. The van der Waals surface area contributed by atoms with Gasteiger partial charge in [0.1, 0.15) is 0 Å². The summed E-state index contributed by atoms with van der Waals surface area (Å²) in [5.41, 5.74) is 1.02. The van der Waals surface area contributed by atoms with Crippen molar-refractivity contribution in [2.24, 2.45) is 0 Å². The molecule has 1 aliphatic rings. The van der Waals surface area contributed by atoms with Gasteiger partial charge in [-0.15, -0.1) is 0 Å². The van der Waals surface area contributed by atoms with Crippen LogP contribution in [0.25, 0.3) is 0 Å². The fourth-order valence-corrected chi connectivity index (χ4v) is 3.04. The number of aliphatic hydroxyl groups excluding tert-OH is 1. The van der Waals surface area contributed by atoms with Gasteiger partial charge in [0.05, 0.1) is 21.3 Å². The van der Waals surface area contributed by atoms with Gasteiger partial charge in [0.25, 0.3) is 0 Å². The molecule has 0 amide bonds. The Kier molecular flexibility index (Phi) is 6.30. The number of benzene rings is 1. The van der Waals surface area contributed by atoms with Crippen LogP contribution in [0.1, 0.15) is 18.0 Å². The maximum Gasteiger partial charge on any atom is 0.203 e. The molecule has 1 saturated heterocycles. The molecule has 1 aliphatic heterocycles. The fraction of sp³-hybridized carbons (Fsp3) is 0.625. The molecule has 0 spiro atoms. The molecule has 1 aromatic rings. The van der Waals surface area contributed by atoms with E-state index in [1.165, 1.54) is 0 Å². The minimum absolute atomic E-state index is 0.0989. The Morgan fingerprint density at radius 3 is 2.32 bits per heavy atom. The second kappa shape index (κ2) is 8.22. The van der Waals surface area contributed by atoms with Crippen molar-refractivity contribution in [1.82, 2.24) is 10.2 Å². The lowest BCUT2D eigenvalue weighted by molar-refractivity contribution is 0.138. The summed E-state index contributed by atoms with van der Waals surface area (Å²) in [5.74, 6) is 1.92. The van der Waals surface area contributed by atoms with Gasteiger partial charge in [-0.3, -0.25) is 4.90 Å². The first-order valence-corrected chi connectivity index (χ1v) is 7.61. The molecule has 1 atom stereocenters. The molecule has 6 heteroatoms. The first-order chi connectivity index (χ1) is 10.8. The van der Waals surface area contributed by atoms with Crippen LogP contribution in [0.4, 0.5) is 0 Å². The van der Waals surface area contributed by atoms with Crippen molar-refractivity contribution in [2.75, 3.05) is 54.1 Å². The Balaban J connectivity index is 2.41. The zero-order valence-corrected chi connectivity index (χ0v) is 13.6.